The molecule has 1 rings (SSSR count). The van der Waals surface area contributed by atoms with Gasteiger partial charge in [0.25, 0.3) is 5.24 Å². The van der Waals surface area contributed by atoms with Crippen LogP contribution in [0, 0.1) is 0 Å². The maximum absolute atomic E-state index is 11.1. The standard InChI is InChI=1S/C9H9ClO4S/c1-5-3-6(9(10)11)8(14-2)7(4-5)15(12)13/h3-4,8H,1-2H3. The lowest BCUT2D eigenvalue weighted by Gasteiger charge is -2.19. The zero-order chi connectivity index (χ0) is 11.6. The van der Waals surface area contributed by atoms with Crippen molar-refractivity contribution in [3.05, 3.63) is 23.3 Å². The Labute approximate surface area is 93.7 Å². The third-order valence-electron chi connectivity index (χ3n) is 1.95. The summed E-state index contributed by atoms with van der Waals surface area (Å²) in [6.07, 6.45) is 2.05. The maximum Gasteiger partial charge on any atom is 0.251 e. The number of carbonyl (C=O) groups excluding carboxylic acids is 1. The van der Waals surface area contributed by atoms with Gasteiger partial charge in [0.1, 0.15) is 11.0 Å². The van der Waals surface area contributed by atoms with E-state index in [-0.39, 0.29) is 10.4 Å². The molecule has 0 N–H and O–H groups in total. The molecule has 6 heteroatoms. The zero-order valence-electron chi connectivity index (χ0n) is 8.15. The summed E-state index contributed by atoms with van der Waals surface area (Å²) in [5, 5.41) is -0.711. The maximum atomic E-state index is 11.1. The number of halogens is 1. The van der Waals surface area contributed by atoms with E-state index in [2.05, 4.69) is 0 Å². The van der Waals surface area contributed by atoms with E-state index in [1.165, 1.54) is 19.3 Å². The number of ether oxygens (including phenoxy) is 1. The molecule has 0 saturated carbocycles. The van der Waals surface area contributed by atoms with E-state index in [0.717, 1.165) is 0 Å². The van der Waals surface area contributed by atoms with Crippen LogP contribution in [0.15, 0.2) is 23.3 Å². The molecular formula is C9H9ClO4S. The Hall–Kier alpha value is -0.910. The minimum absolute atomic E-state index is 0.0153. The van der Waals surface area contributed by atoms with Crippen LogP contribution in [0.4, 0.5) is 0 Å². The number of methoxy groups -OCH3 is 1. The fraction of sp³-hybridized carbons (Fsp3) is 0.333. The first-order valence-electron chi connectivity index (χ1n) is 4.06. The molecule has 0 amide bonds. The van der Waals surface area contributed by atoms with Crippen LogP contribution in [0.3, 0.4) is 0 Å². The lowest BCUT2D eigenvalue weighted by atomic mass is 9.98. The zero-order valence-corrected chi connectivity index (χ0v) is 9.72. The highest BCUT2D eigenvalue weighted by Gasteiger charge is 2.27. The average molecular weight is 249 g/mol. The van der Waals surface area contributed by atoms with E-state index < -0.39 is 21.6 Å². The van der Waals surface area contributed by atoms with Crippen LogP contribution in [-0.4, -0.2) is 31.7 Å². The van der Waals surface area contributed by atoms with Crippen LogP contribution >= 0.6 is 11.6 Å². The van der Waals surface area contributed by atoms with Crippen LogP contribution in [0.5, 0.6) is 0 Å². The third kappa shape index (κ3) is 2.56. The van der Waals surface area contributed by atoms with Gasteiger partial charge in [0.15, 0.2) is 0 Å². The van der Waals surface area contributed by atoms with E-state index in [1.54, 1.807) is 6.92 Å². The van der Waals surface area contributed by atoms with Gasteiger partial charge in [-0.05, 0) is 36.2 Å². The molecule has 1 unspecified atom stereocenters. The molecule has 0 saturated heterocycles. The second-order valence-corrected chi connectivity index (χ2v) is 4.30. The van der Waals surface area contributed by atoms with Crippen LogP contribution in [-0.2, 0) is 19.8 Å². The highest BCUT2D eigenvalue weighted by molar-refractivity contribution is 7.73. The molecule has 1 aliphatic carbocycles. The SMILES string of the molecule is COC1C(C(=O)Cl)=CC(C)=CC1=S(=O)=O. The Morgan fingerprint density at radius 1 is 1.47 bits per heavy atom. The molecule has 0 bridgehead atoms. The Bertz CT molecular complexity index is 476. The van der Waals surface area contributed by atoms with E-state index in [1.807, 2.05) is 0 Å². The Balaban J connectivity index is 3.38. The minimum Gasteiger partial charge on any atom is -0.371 e. The molecule has 0 spiro atoms. The van der Waals surface area contributed by atoms with Crippen molar-refractivity contribution in [3.8, 4) is 0 Å². The molecule has 0 fully saturated rings. The van der Waals surface area contributed by atoms with E-state index in [4.69, 9.17) is 16.3 Å². The number of rotatable bonds is 2. The smallest absolute Gasteiger partial charge is 0.251 e. The summed E-state index contributed by atoms with van der Waals surface area (Å²) in [6, 6.07) is 0. The molecule has 82 valence electrons. The summed E-state index contributed by atoms with van der Waals surface area (Å²) in [5.41, 5.74) is 0.782. The fourth-order valence-electron chi connectivity index (χ4n) is 1.35. The minimum atomic E-state index is -2.43. The second kappa shape index (κ2) is 4.74. The summed E-state index contributed by atoms with van der Waals surface area (Å²) in [6.45, 7) is 1.68. The molecule has 1 aliphatic rings. The van der Waals surface area contributed by atoms with Gasteiger partial charge in [-0.1, -0.05) is 0 Å². The van der Waals surface area contributed by atoms with E-state index >= 15 is 0 Å². The van der Waals surface area contributed by atoms with Gasteiger partial charge < -0.3 is 4.74 Å². The van der Waals surface area contributed by atoms with Crippen molar-refractivity contribution in [1.82, 2.24) is 0 Å². The van der Waals surface area contributed by atoms with E-state index in [0.29, 0.717) is 5.57 Å². The Morgan fingerprint density at radius 3 is 2.47 bits per heavy atom. The van der Waals surface area contributed by atoms with Crippen molar-refractivity contribution < 1.29 is 17.9 Å². The lowest BCUT2D eigenvalue weighted by molar-refractivity contribution is -0.109. The quantitative estimate of drug-likeness (QED) is 0.533. The van der Waals surface area contributed by atoms with Crippen molar-refractivity contribution >= 4 is 32.0 Å². The van der Waals surface area contributed by atoms with Crippen LogP contribution in [0.1, 0.15) is 6.92 Å². The van der Waals surface area contributed by atoms with Gasteiger partial charge in [0, 0.05) is 12.7 Å². The molecule has 0 heterocycles. The highest BCUT2D eigenvalue weighted by Crippen LogP contribution is 2.20. The summed E-state index contributed by atoms with van der Waals surface area (Å²) < 4.78 is 26.7. The largest absolute Gasteiger partial charge is 0.371 e. The molecule has 0 aliphatic heterocycles. The molecule has 1 atom stereocenters. The van der Waals surface area contributed by atoms with Gasteiger partial charge in [-0.15, -0.1) is 0 Å². The average Bonchev–Trinajstić information content (AvgIpc) is 2.16. The summed E-state index contributed by atoms with van der Waals surface area (Å²) in [5.74, 6) is 0. The van der Waals surface area contributed by atoms with E-state index in [9.17, 15) is 13.2 Å². The van der Waals surface area contributed by atoms with Gasteiger partial charge in [-0.2, -0.15) is 8.42 Å². The number of hydrogen-bond donors (Lipinski definition) is 0. The Morgan fingerprint density at radius 2 is 2.07 bits per heavy atom. The third-order valence-corrected chi connectivity index (χ3v) is 2.88. The summed E-state index contributed by atoms with van der Waals surface area (Å²) in [4.78, 5) is 11.1. The normalized spacial score (nSPS) is 20.7. The Kier molecular flexibility index (Phi) is 3.84. The highest BCUT2D eigenvalue weighted by atomic mass is 35.5. The van der Waals surface area contributed by atoms with Gasteiger partial charge >= 0.3 is 0 Å². The van der Waals surface area contributed by atoms with Crippen LogP contribution in [0.2, 0.25) is 0 Å². The van der Waals surface area contributed by atoms with Crippen molar-refractivity contribution in [3.63, 3.8) is 0 Å². The number of allylic oxidation sites excluding steroid dienone is 2. The predicted octanol–water partition coefficient (Wildman–Crippen LogP) is 0.705. The van der Waals surface area contributed by atoms with Gasteiger partial charge in [-0.3, -0.25) is 4.79 Å². The van der Waals surface area contributed by atoms with Crippen molar-refractivity contribution in [2.45, 2.75) is 13.0 Å². The number of carbonyl (C=O) groups is 1. The molecule has 0 radical (unpaired) electrons. The van der Waals surface area contributed by atoms with Crippen molar-refractivity contribution in [1.29, 1.82) is 0 Å². The van der Waals surface area contributed by atoms with Gasteiger partial charge in [-0.25, -0.2) is 0 Å². The van der Waals surface area contributed by atoms with Crippen molar-refractivity contribution in [2.24, 2.45) is 0 Å². The molecule has 15 heavy (non-hydrogen) atoms. The second-order valence-electron chi connectivity index (χ2n) is 3.01. The summed E-state index contributed by atoms with van der Waals surface area (Å²) >= 11 is 5.34. The molecule has 0 aromatic carbocycles. The summed E-state index contributed by atoms with van der Waals surface area (Å²) in [7, 11) is -1.11. The molecular weight excluding hydrogens is 240 g/mol. The molecule has 0 aromatic rings. The predicted molar refractivity (Wildman–Crippen MR) is 57.4 cm³/mol. The monoisotopic (exact) mass is 248 g/mol. The first kappa shape index (κ1) is 12.2. The first-order valence-corrected chi connectivity index (χ1v) is 5.51. The van der Waals surface area contributed by atoms with Gasteiger partial charge in [0.05, 0.1) is 0 Å². The van der Waals surface area contributed by atoms with Crippen molar-refractivity contribution in [2.75, 3.05) is 7.11 Å². The molecule has 0 aromatic heterocycles. The van der Waals surface area contributed by atoms with Gasteiger partial charge in [0.2, 0.25) is 10.3 Å². The fourth-order valence-corrected chi connectivity index (χ4v) is 2.19. The van der Waals surface area contributed by atoms with Crippen LogP contribution < -0.4 is 0 Å². The van der Waals surface area contributed by atoms with Crippen LogP contribution in [0.25, 0.3) is 0 Å². The topological polar surface area (TPSA) is 60.4 Å². The number of hydrogen-bond acceptors (Lipinski definition) is 4. The first-order chi connectivity index (χ1) is 6.97. The lowest BCUT2D eigenvalue weighted by Crippen LogP contribution is -2.29. The molecule has 4 nitrogen and oxygen atoms in total.